The van der Waals surface area contributed by atoms with E-state index in [9.17, 15) is 28.1 Å². The third-order valence-electron chi connectivity index (χ3n) is 3.49. The Labute approximate surface area is 170 Å². The molecule has 1 aromatic carbocycles. The third kappa shape index (κ3) is 5.97. The van der Waals surface area contributed by atoms with Crippen LogP contribution in [0.25, 0.3) is 0 Å². The lowest BCUT2D eigenvalue weighted by molar-refractivity contribution is -0.384. The molecule has 0 aliphatic carbocycles. The van der Waals surface area contributed by atoms with Gasteiger partial charge in [0, 0.05) is 38.0 Å². The molecule has 13 heteroatoms. The molecule has 0 saturated carbocycles. The highest BCUT2D eigenvalue weighted by molar-refractivity contribution is 7.99. The number of benzene rings is 1. The first kappa shape index (κ1) is 22.3. The van der Waals surface area contributed by atoms with Crippen molar-refractivity contribution in [3.63, 3.8) is 0 Å². The lowest BCUT2D eigenvalue weighted by atomic mass is 10.2. The molecule has 0 saturated heterocycles. The van der Waals surface area contributed by atoms with Crippen molar-refractivity contribution < 1.29 is 22.9 Å². The maximum absolute atomic E-state index is 12.0. The minimum absolute atomic E-state index is 0.0339. The van der Waals surface area contributed by atoms with Crippen molar-refractivity contribution in [2.45, 2.75) is 9.92 Å². The summed E-state index contributed by atoms with van der Waals surface area (Å²) >= 11 is 1.05. The summed E-state index contributed by atoms with van der Waals surface area (Å²) in [5.74, 6) is -1.22. The molecule has 0 bridgehead atoms. The molecule has 0 spiro atoms. The van der Waals surface area contributed by atoms with E-state index in [1.165, 1.54) is 56.7 Å². The van der Waals surface area contributed by atoms with Gasteiger partial charge in [-0.1, -0.05) is 11.8 Å². The summed E-state index contributed by atoms with van der Waals surface area (Å²) in [7, 11) is -0.759. The number of nitro groups is 1. The average Bonchev–Trinajstić information content (AvgIpc) is 2.70. The fourth-order valence-corrected chi connectivity index (χ4v) is 3.41. The number of amides is 2. The number of hydrogen-bond donors (Lipinski definition) is 2. The van der Waals surface area contributed by atoms with E-state index in [0.717, 1.165) is 16.1 Å². The summed E-state index contributed by atoms with van der Waals surface area (Å²) in [6, 6.07) is 7.75. The zero-order valence-electron chi connectivity index (χ0n) is 15.4. The number of rotatable bonds is 7. The SMILES string of the molecule is CN(C)S(=O)(=O)c1ccc(SCC(=O)NNC(=O)c2ccc([N+](=O)[O-])cc2)nc1. The molecule has 0 unspecified atom stereocenters. The quantitative estimate of drug-likeness (QED) is 0.365. The minimum atomic E-state index is -3.58. The highest BCUT2D eigenvalue weighted by Gasteiger charge is 2.17. The Morgan fingerprint density at radius 3 is 2.31 bits per heavy atom. The topological polar surface area (TPSA) is 152 Å². The number of nitro benzene ring substituents is 1. The second-order valence-electron chi connectivity index (χ2n) is 5.71. The molecular weight excluding hydrogens is 422 g/mol. The molecule has 2 aromatic rings. The Balaban J connectivity index is 1.84. The largest absolute Gasteiger partial charge is 0.272 e. The van der Waals surface area contributed by atoms with Gasteiger partial charge in [-0.15, -0.1) is 0 Å². The monoisotopic (exact) mass is 439 g/mol. The van der Waals surface area contributed by atoms with Crippen LogP contribution in [0.5, 0.6) is 0 Å². The molecule has 0 atom stereocenters. The first-order valence-electron chi connectivity index (χ1n) is 7.96. The summed E-state index contributed by atoms with van der Waals surface area (Å²) < 4.78 is 25.0. The number of pyridine rings is 1. The fourth-order valence-electron chi connectivity index (χ4n) is 1.92. The normalized spacial score (nSPS) is 11.1. The molecule has 11 nitrogen and oxygen atoms in total. The molecule has 29 heavy (non-hydrogen) atoms. The Kier molecular flexibility index (Phi) is 7.25. The van der Waals surface area contributed by atoms with Crippen LogP contribution in [0.3, 0.4) is 0 Å². The molecule has 1 heterocycles. The molecule has 2 amide bonds. The summed E-state index contributed by atoms with van der Waals surface area (Å²) in [6.07, 6.45) is 1.20. The van der Waals surface area contributed by atoms with Crippen molar-refractivity contribution in [2.24, 2.45) is 0 Å². The standard InChI is InChI=1S/C16H17N5O6S2/c1-20(2)29(26,27)13-7-8-15(17-9-13)28-10-14(22)18-19-16(23)11-3-5-12(6-4-11)21(24)25/h3-9H,10H2,1-2H3,(H,18,22)(H,19,23). The fraction of sp³-hybridized carbons (Fsp3) is 0.188. The second-order valence-corrected chi connectivity index (χ2v) is 8.86. The average molecular weight is 439 g/mol. The zero-order valence-corrected chi connectivity index (χ0v) is 17.0. The van der Waals surface area contributed by atoms with Crippen LogP contribution in [0.2, 0.25) is 0 Å². The van der Waals surface area contributed by atoms with Gasteiger partial charge in [0.1, 0.15) is 4.90 Å². The summed E-state index contributed by atoms with van der Waals surface area (Å²) in [5.41, 5.74) is 4.40. The van der Waals surface area contributed by atoms with E-state index >= 15 is 0 Å². The first-order chi connectivity index (χ1) is 13.6. The first-order valence-corrected chi connectivity index (χ1v) is 10.4. The van der Waals surface area contributed by atoms with Crippen LogP contribution < -0.4 is 10.9 Å². The predicted molar refractivity (Wildman–Crippen MR) is 105 cm³/mol. The van der Waals surface area contributed by atoms with Gasteiger partial charge in [0.25, 0.3) is 11.6 Å². The Bertz CT molecular complexity index is 1010. The van der Waals surface area contributed by atoms with Crippen molar-refractivity contribution in [3.05, 3.63) is 58.3 Å². The van der Waals surface area contributed by atoms with Gasteiger partial charge in [-0.2, -0.15) is 0 Å². The molecule has 2 rings (SSSR count). The molecule has 0 radical (unpaired) electrons. The van der Waals surface area contributed by atoms with Gasteiger partial charge in [0.15, 0.2) is 0 Å². The van der Waals surface area contributed by atoms with E-state index < -0.39 is 26.8 Å². The lowest BCUT2D eigenvalue weighted by Crippen LogP contribution is -2.42. The third-order valence-corrected chi connectivity index (χ3v) is 6.24. The number of nitrogens with zero attached hydrogens (tertiary/aromatic N) is 3. The van der Waals surface area contributed by atoms with Gasteiger partial charge in [0.2, 0.25) is 15.9 Å². The summed E-state index contributed by atoms with van der Waals surface area (Å²) in [4.78, 5) is 37.8. The second kappa shape index (κ2) is 9.45. The van der Waals surface area contributed by atoms with Crippen molar-refractivity contribution in [1.29, 1.82) is 0 Å². The Hall–Kier alpha value is -3.03. The number of sulfonamides is 1. The van der Waals surface area contributed by atoms with Gasteiger partial charge in [-0.05, 0) is 24.3 Å². The van der Waals surface area contributed by atoms with Crippen LogP contribution in [0.1, 0.15) is 10.4 Å². The van der Waals surface area contributed by atoms with Crippen molar-refractivity contribution in [3.8, 4) is 0 Å². The molecule has 0 fully saturated rings. The molecule has 1 aromatic heterocycles. The molecule has 0 aliphatic heterocycles. The van der Waals surface area contributed by atoms with E-state index in [4.69, 9.17) is 0 Å². The molecule has 0 aliphatic rings. The minimum Gasteiger partial charge on any atom is -0.272 e. The van der Waals surface area contributed by atoms with Crippen LogP contribution in [0, 0.1) is 10.1 Å². The summed E-state index contributed by atoms with van der Waals surface area (Å²) in [6.45, 7) is 0. The number of aromatic nitrogens is 1. The molecule has 2 N–H and O–H groups in total. The van der Waals surface area contributed by atoms with E-state index in [-0.39, 0.29) is 21.9 Å². The van der Waals surface area contributed by atoms with Crippen LogP contribution in [-0.2, 0) is 14.8 Å². The van der Waals surface area contributed by atoms with Crippen LogP contribution >= 0.6 is 11.8 Å². The number of hydrazine groups is 1. The van der Waals surface area contributed by atoms with Crippen LogP contribution in [-0.4, -0.2) is 54.3 Å². The van der Waals surface area contributed by atoms with E-state index in [2.05, 4.69) is 15.8 Å². The number of nitrogens with one attached hydrogen (secondary N) is 2. The number of non-ortho nitro benzene ring substituents is 1. The predicted octanol–water partition coefficient (Wildman–Crippen LogP) is 0.793. The van der Waals surface area contributed by atoms with Gasteiger partial charge in [0.05, 0.1) is 15.7 Å². The smallest absolute Gasteiger partial charge is 0.269 e. The number of hydrogen-bond acceptors (Lipinski definition) is 8. The van der Waals surface area contributed by atoms with E-state index in [0.29, 0.717) is 5.03 Å². The van der Waals surface area contributed by atoms with E-state index in [1.54, 1.807) is 0 Å². The number of carbonyl (C=O) groups is 2. The van der Waals surface area contributed by atoms with Crippen molar-refractivity contribution >= 4 is 39.3 Å². The highest BCUT2D eigenvalue weighted by Crippen LogP contribution is 2.18. The van der Waals surface area contributed by atoms with Gasteiger partial charge >= 0.3 is 0 Å². The highest BCUT2D eigenvalue weighted by atomic mass is 32.2. The van der Waals surface area contributed by atoms with Gasteiger partial charge in [-0.25, -0.2) is 17.7 Å². The zero-order chi connectivity index (χ0) is 21.6. The van der Waals surface area contributed by atoms with Gasteiger partial charge in [-0.3, -0.25) is 30.6 Å². The maximum Gasteiger partial charge on any atom is 0.269 e. The molecular formula is C16H17N5O6S2. The summed E-state index contributed by atoms with van der Waals surface area (Å²) in [5, 5.41) is 11.0. The Morgan fingerprint density at radius 2 is 1.79 bits per heavy atom. The van der Waals surface area contributed by atoms with Crippen molar-refractivity contribution in [2.75, 3.05) is 19.8 Å². The number of thioether (sulfide) groups is 1. The lowest BCUT2D eigenvalue weighted by Gasteiger charge is -2.11. The van der Waals surface area contributed by atoms with Crippen LogP contribution in [0.15, 0.2) is 52.5 Å². The number of carbonyl (C=O) groups excluding carboxylic acids is 2. The van der Waals surface area contributed by atoms with E-state index in [1.807, 2.05) is 0 Å². The van der Waals surface area contributed by atoms with Crippen LogP contribution in [0.4, 0.5) is 5.69 Å². The Morgan fingerprint density at radius 1 is 1.14 bits per heavy atom. The maximum atomic E-state index is 12.0. The molecule has 154 valence electrons. The van der Waals surface area contributed by atoms with Crippen molar-refractivity contribution in [1.82, 2.24) is 20.1 Å². The van der Waals surface area contributed by atoms with Gasteiger partial charge < -0.3 is 0 Å².